The molecule has 0 bridgehead atoms. The molecule has 17 heavy (non-hydrogen) atoms. The smallest absolute Gasteiger partial charge is 0.151 e. The number of rotatable bonds is 7. The first-order valence-corrected chi connectivity index (χ1v) is 8.48. The normalized spacial score (nSPS) is 25.3. The van der Waals surface area contributed by atoms with Crippen molar-refractivity contribution < 1.29 is 8.42 Å². The van der Waals surface area contributed by atoms with Crippen molar-refractivity contribution in [3.63, 3.8) is 0 Å². The average molecular weight is 262 g/mol. The Morgan fingerprint density at radius 2 is 2.12 bits per heavy atom. The van der Waals surface area contributed by atoms with E-state index in [-0.39, 0.29) is 6.04 Å². The highest BCUT2D eigenvalue weighted by Gasteiger charge is 2.27. The summed E-state index contributed by atoms with van der Waals surface area (Å²) in [5.74, 6) is 0.677. The van der Waals surface area contributed by atoms with Gasteiger partial charge in [0.1, 0.15) is 0 Å². The van der Waals surface area contributed by atoms with Crippen LogP contribution in [0.2, 0.25) is 0 Å². The van der Waals surface area contributed by atoms with Gasteiger partial charge in [0.15, 0.2) is 9.84 Å². The number of hydrogen-bond acceptors (Lipinski definition) is 4. The molecule has 0 amide bonds. The Morgan fingerprint density at radius 1 is 1.41 bits per heavy atom. The average Bonchev–Trinajstić information content (AvgIpc) is 2.63. The fraction of sp³-hybridized carbons (Fsp3) is 1.00. The molecule has 0 saturated carbocycles. The van der Waals surface area contributed by atoms with Crippen molar-refractivity contribution in [2.24, 2.45) is 0 Å². The number of likely N-dealkylation sites (N-methyl/N-ethyl adjacent to an activating group) is 1. The third kappa shape index (κ3) is 4.94. The fourth-order valence-electron chi connectivity index (χ4n) is 2.32. The van der Waals surface area contributed by atoms with E-state index in [9.17, 15) is 8.42 Å². The van der Waals surface area contributed by atoms with Crippen LogP contribution < -0.4 is 5.32 Å². The number of nitrogens with zero attached hydrogens (tertiary/aromatic N) is 1. The van der Waals surface area contributed by atoms with E-state index in [1.54, 1.807) is 0 Å². The lowest BCUT2D eigenvalue weighted by molar-refractivity contribution is 0.213. The van der Waals surface area contributed by atoms with Gasteiger partial charge in [0.05, 0.1) is 11.5 Å². The van der Waals surface area contributed by atoms with Crippen LogP contribution >= 0.6 is 0 Å². The van der Waals surface area contributed by atoms with Gasteiger partial charge in [0, 0.05) is 25.2 Å². The standard InChI is InChI=1S/C12H26N2O2S/c1-4-11(3)14(5-2)8-7-13-12-6-9-17(15,16)10-12/h11-13H,4-10H2,1-3H3. The van der Waals surface area contributed by atoms with Gasteiger partial charge in [-0.2, -0.15) is 0 Å². The van der Waals surface area contributed by atoms with Gasteiger partial charge in [-0.25, -0.2) is 8.42 Å². The number of nitrogens with one attached hydrogen (secondary N) is 1. The van der Waals surface area contributed by atoms with E-state index in [0.29, 0.717) is 17.5 Å². The molecule has 1 fully saturated rings. The summed E-state index contributed by atoms with van der Waals surface area (Å²) in [5, 5.41) is 3.36. The van der Waals surface area contributed by atoms with Gasteiger partial charge >= 0.3 is 0 Å². The second-order valence-corrected chi connectivity index (χ2v) is 7.17. The molecule has 0 radical (unpaired) electrons. The first-order valence-electron chi connectivity index (χ1n) is 6.66. The van der Waals surface area contributed by atoms with E-state index in [2.05, 4.69) is 31.0 Å². The van der Waals surface area contributed by atoms with Crippen LogP contribution in [0.15, 0.2) is 0 Å². The second-order valence-electron chi connectivity index (χ2n) is 4.94. The monoisotopic (exact) mass is 262 g/mol. The Labute approximate surface area is 106 Å². The summed E-state index contributed by atoms with van der Waals surface area (Å²) < 4.78 is 22.6. The van der Waals surface area contributed by atoms with Gasteiger partial charge < -0.3 is 5.32 Å². The summed E-state index contributed by atoms with van der Waals surface area (Å²) in [5.41, 5.74) is 0. The third-order valence-electron chi connectivity index (χ3n) is 3.68. The summed E-state index contributed by atoms with van der Waals surface area (Å²) in [7, 11) is -2.75. The molecule has 5 heteroatoms. The minimum absolute atomic E-state index is 0.177. The predicted molar refractivity (Wildman–Crippen MR) is 72.1 cm³/mol. The van der Waals surface area contributed by atoms with Crippen molar-refractivity contribution in [2.45, 2.75) is 45.7 Å². The zero-order valence-electron chi connectivity index (χ0n) is 11.3. The molecule has 102 valence electrons. The van der Waals surface area contributed by atoms with Crippen molar-refractivity contribution in [1.29, 1.82) is 0 Å². The quantitative estimate of drug-likeness (QED) is 0.740. The van der Waals surface area contributed by atoms with Crippen LogP contribution in [0.4, 0.5) is 0 Å². The SMILES string of the molecule is CCC(C)N(CC)CCNC1CCS(=O)(=O)C1. The highest BCUT2D eigenvalue weighted by molar-refractivity contribution is 7.91. The molecule has 0 aromatic heterocycles. The minimum Gasteiger partial charge on any atom is -0.312 e. The van der Waals surface area contributed by atoms with Gasteiger partial charge in [-0.05, 0) is 26.3 Å². The Morgan fingerprint density at radius 3 is 2.59 bits per heavy atom. The van der Waals surface area contributed by atoms with Crippen LogP contribution in [-0.2, 0) is 9.84 Å². The van der Waals surface area contributed by atoms with E-state index in [4.69, 9.17) is 0 Å². The molecule has 1 aliphatic rings. The molecule has 0 aromatic carbocycles. The zero-order chi connectivity index (χ0) is 12.9. The summed E-state index contributed by atoms with van der Waals surface area (Å²) in [4.78, 5) is 2.43. The van der Waals surface area contributed by atoms with Gasteiger partial charge in [-0.1, -0.05) is 13.8 Å². The second kappa shape index (κ2) is 6.71. The van der Waals surface area contributed by atoms with Crippen LogP contribution in [0.1, 0.15) is 33.6 Å². The summed E-state index contributed by atoms with van der Waals surface area (Å²) in [6.45, 7) is 9.56. The molecule has 0 aliphatic carbocycles. The van der Waals surface area contributed by atoms with Crippen LogP contribution in [-0.4, -0.2) is 56.5 Å². The molecular weight excluding hydrogens is 236 g/mol. The van der Waals surface area contributed by atoms with Gasteiger partial charge in [-0.3, -0.25) is 4.90 Å². The maximum absolute atomic E-state index is 11.3. The van der Waals surface area contributed by atoms with Crippen LogP contribution in [0.3, 0.4) is 0 Å². The Kier molecular flexibility index (Phi) is 5.89. The molecule has 1 aliphatic heterocycles. The lowest BCUT2D eigenvalue weighted by Gasteiger charge is -2.27. The Balaban J connectivity index is 2.23. The van der Waals surface area contributed by atoms with Crippen LogP contribution in [0, 0.1) is 0 Å². The maximum Gasteiger partial charge on any atom is 0.151 e. The van der Waals surface area contributed by atoms with Gasteiger partial charge in [0.2, 0.25) is 0 Å². The van der Waals surface area contributed by atoms with Crippen molar-refractivity contribution in [2.75, 3.05) is 31.1 Å². The highest BCUT2D eigenvalue weighted by atomic mass is 32.2. The molecule has 4 nitrogen and oxygen atoms in total. The summed E-state index contributed by atoms with van der Waals surface area (Å²) in [6.07, 6.45) is 1.93. The topological polar surface area (TPSA) is 49.4 Å². The van der Waals surface area contributed by atoms with Crippen molar-refractivity contribution in [1.82, 2.24) is 10.2 Å². The van der Waals surface area contributed by atoms with Crippen molar-refractivity contribution >= 4 is 9.84 Å². The minimum atomic E-state index is -2.75. The zero-order valence-corrected chi connectivity index (χ0v) is 12.1. The van der Waals surface area contributed by atoms with Crippen molar-refractivity contribution in [3.8, 4) is 0 Å². The van der Waals surface area contributed by atoms with Crippen LogP contribution in [0.5, 0.6) is 0 Å². The Bertz CT molecular complexity index is 316. The summed E-state index contributed by atoms with van der Waals surface area (Å²) in [6, 6.07) is 0.782. The molecule has 1 saturated heterocycles. The van der Waals surface area contributed by atoms with E-state index >= 15 is 0 Å². The molecule has 0 aromatic rings. The Hall–Kier alpha value is -0.130. The summed E-state index contributed by atoms with van der Waals surface area (Å²) >= 11 is 0. The maximum atomic E-state index is 11.3. The molecular formula is C12H26N2O2S. The highest BCUT2D eigenvalue weighted by Crippen LogP contribution is 2.11. The molecule has 2 unspecified atom stereocenters. The molecule has 1 N–H and O–H groups in total. The molecule has 0 spiro atoms. The molecule has 2 atom stereocenters. The van der Waals surface area contributed by atoms with E-state index in [1.165, 1.54) is 0 Å². The van der Waals surface area contributed by atoms with E-state index in [1.807, 2.05) is 0 Å². The van der Waals surface area contributed by atoms with E-state index in [0.717, 1.165) is 32.5 Å². The first kappa shape index (κ1) is 14.9. The van der Waals surface area contributed by atoms with Crippen LogP contribution in [0.25, 0.3) is 0 Å². The van der Waals surface area contributed by atoms with Gasteiger partial charge in [-0.15, -0.1) is 0 Å². The molecule has 1 rings (SSSR count). The van der Waals surface area contributed by atoms with E-state index < -0.39 is 9.84 Å². The lowest BCUT2D eigenvalue weighted by atomic mass is 10.2. The largest absolute Gasteiger partial charge is 0.312 e. The predicted octanol–water partition coefficient (Wildman–Crippen LogP) is 0.884. The van der Waals surface area contributed by atoms with Gasteiger partial charge in [0.25, 0.3) is 0 Å². The van der Waals surface area contributed by atoms with Crippen molar-refractivity contribution in [3.05, 3.63) is 0 Å². The number of sulfone groups is 1. The third-order valence-corrected chi connectivity index (χ3v) is 5.45. The first-order chi connectivity index (χ1) is 7.98. The fourth-order valence-corrected chi connectivity index (χ4v) is 4.02. The number of hydrogen-bond donors (Lipinski definition) is 1. The lowest BCUT2D eigenvalue weighted by Crippen LogP contribution is -2.41. The molecule has 1 heterocycles.